The molecule has 3 amide bonds. The topological polar surface area (TPSA) is 101 Å². The molecule has 0 atom stereocenters. The van der Waals surface area contributed by atoms with E-state index < -0.39 is 11.9 Å². The van der Waals surface area contributed by atoms with Crippen molar-refractivity contribution in [1.82, 2.24) is 24.9 Å². The van der Waals surface area contributed by atoms with Crippen LogP contribution in [0.4, 0.5) is 10.5 Å². The number of nitrogens with one attached hydrogen (secondary N) is 2. The number of nitrogens with zero attached hydrogens (tertiary/aromatic N) is 4. The van der Waals surface area contributed by atoms with Crippen LogP contribution >= 0.6 is 11.8 Å². The Balaban J connectivity index is 1.45. The molecule has 0 aliphatic heterocycles. The first-order chi connectivity index (χ1) is 14.4. The van der Waals surface area contributed by atoms with Crippen LogP contribution in [0.2, 0.25) is 0 Å². The number of thioether (sulfide) groups is 1. The Morgan fingerprint density at radius 3 is 2.63 bits per heavy atom. The zero-order valence-electron chi connectivity index (χ0n) is 16.8. The Bertz CT molecular complexity index is 1280. The van der Waals surface area contributed by atoms with Gasteiger partial charge in [-0.15, -0.1) is 5.10 Å². The molecule has 152 valence electrons. The summed E-state index contributed by atoms with van der Waals surface area (Å²) >= 11 is 1.20. The van der Waals surface area contributed by atoms with Crippen LogP contribution in [0, 0.1) is 20.8 Å². The van der Waals surface area contributed by atoms with Crippen LogP contribution in [0.3, 0.4) is 0 Å². The van der Waals surface area contributed by atoms with Crippen molar-refractivity contribution in [3.8, 4) is 0 Å². The average Bonchev–Trinajstić information content (AvgIpc) is 3.10. The van der Waals surface area contributed by atoms with E-state index >= 15 is 0 Å². The highest BCUT2D eigenvalue weighted by Gasteiger charge is 2.15. The van der Waals surface area contributed by atoms with Gasteiger partial charge in [-0.3, -0.25) is 10.1 Å². The van der Waals surface area contributed by atoms with E-state index in [1.807, 2.05) is 50.2 Å². The fraction of sp³-hybridized carbons (Fsp3) is 0.190. The average molecular weight is 420 g/mol. The molecule has 0 spiro atoms. The molecule has 0 saturated heterocycles. The van der Waals surface area contributed by atoms with Crippen LogP contribution in [0.5, 0.6) is 0 Å². The van der Waals surface area contributed by atoms with E-state index in [1.54, 1.807) is 17.5 Å². The maximum absolute atomic E-state index is 12.3. The SMILES string of the molecule is Cc1nc2c3ccccc3nc(SCC(=O)NC(=O)Nc3ccc(C)c(C)c3)n2n1. The molecule has 0 saturated carbocycles. The van der Waals surface area contributed by atoms with Crippen molar-refractivity contribution in [1.29, 1.82) is 0 Å². The normalized spacial score (nSPS) is 11.0. The van der Waals surface area contributed by atoms with Gasteiger partial charge in [0, 0.05) is 11.1 Å². The summed E-state index contributed by atoms with van der Waals surface area (Å²) in [4.78, 5) is 33.5. The van der Waals surface area contributed by atoms with E-state index in [9.17, 15) is 9.59 Å². The predicted molar refractivity (Wildman–Crippen MR) is 117 cm³/mol. The molecule has 30 heavy (non-hydrogen) atoms. The van der Waals surface area contributed by atoms with Crippen molar-refractivity contribution in [3.05, 3.63) is 59.4 Å². The number of carbonyl (C=O) groups is 2. The second-order valence-corrected chi connectivity index (χ2v) is 7.84. The van der Waals surface area contributed by atoms with Gasteiger partial charge in [-0.1, -0.05) is 30.0 Å². The van der Waals surface area contributed by atoms with Crippen molar-refractivity contribution in [3.63, 3.8) is 0 Å². The number of carbonyl (C=O) groups excluding carboxylic acids is 2. The fourth-order valence-corrected chi connectivity index (χ4v) is 3.75. The van der Waals surface area contributed by atoms with Gasteiger partial charge in [0.15, 0.2) is 10.8 Å². The van der Waals surface area contributed by atoms with E-state index in [2.05, 4.69) is 25.7 Å². The van der Waals surface area contributed by atoms with Crippen LogP contribution in [-0.2, 0) is 4.79 Å². The van der Waals surface area contributed by atoms with E-state index in [4.69, 9.17) is 0 Å². The molecule has 4 aromatic rings. The second kappa shape index (κ2) is 8.11. The maximum Gasteiger partial charge on any atom is 0.325 e. The largest absolute Gasteiger partial charge is 0.325 e. The van der Waals surface area contributed by atoms with Crippen LogP contribution < -0.4 is 10.6 Å². The number of hydrogen-bond donors (Lipinski definition) is 2. The highest BCUT2D eigenvalue weighted by molar-refractivity contribution is 7.99. The number of imide groups is 1. The molecule has 0 fully saturated rings. The first-order valence-corrected chi connectivity index (χ1v) is 10.3. The number of rotatable bonds is 4. The predicted octanol–water partition coefficient (Wildman–Crippen LogP) is 3.64. The molecule has 0 unspecified atom stereocenters. The lowest BCUT2D eigenvalue weighted by molar-refractivity contribution is -0.117. The van der Waals surface area contributed by atoms with E-state index in [0.29, 0.717) is 22.3 Å². The Kier molecular flexibility index (Phi) is 5.37. The number of hydrogen-bond acceptors (Lipinski definition) is 6. The summed E-state index contributed by atoms with van der Waals surface area (Å²) in [5.74, 6) is 0.202. The Morgan fingerprint density at radius 1 is 1.03 bits per heavy atom. The third-order valence-corrected chi connectivity index (χ3v) is 5.53. The Hall–Kier alpha value is -3.46. The summed E-state index contributed by atoms with van der Waals surface area (Å²) < 4.78 is 1.63. The molecule has 0 bridgehead atoms. The molecule has 2 aromatic heterocycles. The van der Waals surface area contributed by atoms with Gasteiger partial charge in [-0.25, -0.2) is 14.8 Å². The zero-order chi connectivity index (χ0) is 21.3. The number of aryl methyl sites for hydroxylation is 3. The molecule has 2 aromatic carbocycles. The minimum Gasteiger partial charge on any atom is -0.308 e. The molecule has 0 aliphatic carbocycles. The van der Waals surface area contributed by atoms with Crippen LogP contribution in [0.25, 0.3) is 16.6 Å². The van der Waals surface area contributed by atoms with Crippen molar-refractivity contribution in [2.45, 2.75) is 25.9 Å². The quantitative estimate of drug-likeness (QED) is 0.386. The summed E-state index contributed by atoms with van der Waals surface area (Å²) in [6.07, 6.45) is 0. The summed E-state index contributed by atoms with van der Waals surface area (Å²) in [7, 11) is 0. The Morgan fingerprint density at radius 2 is 1.83 bits per heavy atom. The zero-order valence-corrected chi connectivity index (χ0v) is 17.6. The number of aromatic nitrogens is 4. The van der Waals surface area contributed by atoms with Gasteiger partial charge in [-0.05, 0) is 56.2 Å². The first kappa shape index (κ1) is 19.8. The third kappa shape index (κ3) is 4.11. The minimum absolute atomic E-state index is 0.0136. The highest BCUT2D eigenvalue weighted by atomic mass is 32.2. The van der Waals surface area contributed by atoms with Gasteiger partial charge < -0.3 is 5.32 Å². The first-order valence-electron chi connectivity index (χ1n) is 9.34. The van der Waals surface area contributed by atoms with Gasteiger partial charge in [-0.2, -0.15) is 4.52 Å². The number of urea groups is 1. The van der Waals surface area contributed by atoms with E-state index in [1.165, 1.54) is 11.8 Å². The lowest BCUT2D eigenvalue weighted by atomic mass is 10.1. The standard InChI is InChI=1S/C21H20N6O2S/c1-12-8-9-15(10-13(12)2)23-20(29)25-18(28)11-30-21-24-17-7-5-4-6-16(17)19-22-14(3)26-27(19)21/h4-10H,11H2,1-3H3,(H2,23,25,28,29). The number of para-hydroxylation sites is 1. The molecule has 8 nitrogen and oxygen atoms in total. The molecule has 4 rings (SSSR count). The lowest BCUT2D eigenvalue weighted by Crippen LogP contribution is -2.35. The molecule has 9 heteroatoms. The van der Waals surface area contributed by atoms with Crippen LogP contribution in [-0.4, -0.2) is 37.3 Å². The summed E-state index contributed by atoms with van der Waals surface area (Å²) in [6.45, 7) is 5.76. The van der Waals surface area contributed by atoms with Crippen molar-refractivity contribution < 1.29 is 9.59 Å². The number of fused-ring (bicyclic) bond motifs is 3. The summed E-state index contributed by atoms with van der Waals surface area (Å²) in [5, 5.41) is 10.8. The number of anilines is 1. The molecule has 0 radical (unpaired) electrons. The van der Waals surface area contributed by atoms with Crippen molar-refractivity contribution in [2.75, 3.05) is 11.1 Å². The van der Waals surface area contributed by atoms with E-state index in [-0.39, 0.29) is 5.75 Å². The monoisotopic (exact) mass is 420 g/mol. The maximum atomic E-state index is 12.3. The summed E-state index contributed by atoms with van der Waals surface area (Å²) in [6, 6.07) is 12.6. The molecule has 0 aliphatic rings. The van der Waals surface area contributed by atoms with Gasteiger partial charge in [0.25, 0.3) is 0 Å². The number of benzene rings is 2. The lowest BCUT2D eigenvalue weighted by Gasteiger charge is -2.09. The summed E-state index contributed by atoms with van der Waals surface area (Å²) in [5.41, 5.74) is 4.28. The molecular weight excluding hydrogens is 400 g/mol. The van der Waals surface area contributed by atoms with Crippen molar-refractivity contribution in [2.24, 2.45) is 0 Å². The van der Waals surface area contributed by atoms with Crippen molar-refractivity contribution >= 4 is 45.9 Å². The smallest absolute Gasteiger partial charge is 0.308 e. The molecule has 2 heterocycles. The van der Waals surface area contributed by atoms with Crippen LogP contribution in [0.15, 0.2) is 47.6 Å². The molecular formula is C21H20N6O2S. The third-order valence-electron chi connectivity index (χ3n) is 4.61. The van der Waals surface area contributed by atoms with E-state index in [0.717, 1.165) is 22.0 Å². The number of amides is 3. The second-order valence-electron chi connectivity index (χ2n) is 6.90. The van der Waals surface area contributed by atoms with Gasteiger partial charge in [0.05, 0.1) is 11.3 Å². The van der Waals surface area contributed by atoms with Gasteiger partial charge >= 0.3 is 6.03 Å². The Labute approximate surface area is 177 Å². The van der Waals surface area contributed by atoms with Crippen LogP contribution in [0.1, 0.15) is 17.0 Å². The van der Waals surface area contributed by atoms with Gasteiger partial charge in [0.1, 0.15) is 5.82 Å². The molecule has 2 N–H and O–H groups in total. The minimum atomic E-state index is -0.572. The highest BCUT2D eigenvalue weighted by Crippen LogP contribution is 2.23. The fourth-order valence-electron chi connectivity index (χ4n) is 3.00. The van der Waals surface area contributed by atoms with Gasteiger partial charge in [0.2, 0.25) is 5.91 Å².